The third-order valence-electron chi connectivity index (χ3n) is 2.39. The molecule has 1 amide bonds. The topological polar surface area (TPSA) is 46.9 Å². The van der Waals surface area contributed by atoms with E-state index in [0.717, 1.165) is 5.82 Å². The molecule has 1 aromatic heterocycles. The highest BCUT2D eigenvalue weighted by Crippen LogP contribution is 2.13. The fourth-order valence-corrected chi connectivity index (χ4v) is 1.38. The Morgan fingerprint density at radius 3 is 2.62 bits per heavy atom. The molecule has 0 fully saturated rings. The van der Waals surface area contributed by atoms with Gasteiger partial charge in [-0.15, -0.1) is 0 Å². The lowest BCUT2D eigenvalue weighted by Gasteiger charge is -2.18. The number of carbonyl (C=O) groups is 1. The van der Waals surface area contributed by atoms with Crippen LogP contribution in [0, 0.1) is 5.41 Å². The van der Waals surface area contributed by atoms with Crippen LogP contribution in [0.15, 0.2) is 12.4 Å². The Morgan fingerprint density at radius 2 is 2.12 bits per heavy atom. The number of hydrogen-bond donors (Lipinski definition) is 1. The van der Waals surface area contributed by atoms with Gasteiger partial charge >= 0.3 is 0 Å². The molecule has 16 heavy (non-hydrogen) atoms. The van der Waals surface area contributed by atoms with Crippen LogP contribution in [0.4, 0.5) is 0 Å². The number of nitrogens with one attached hydrogen (secondary N) is 1. The Kier molecular flexibility index (Phi) is 3.73. The molecule has 0 aromatic carbocycles. The normalized spacial score (nSPS) is 11.9. The third-order valence-corrected chi connectivity index (χ3v) is 2.39. The molecule has 1 heterocycles. The van der Waals surface area contributed by atoms with Gasteiger partial charge in [-0.25, -0.2) is 4.98 Å². The molecule has 0 saturated heterocycles. The molecular weight excluding hydrogens is 202 g/mol. The number of aromatic nitrogens is 2. The highest BCUT2D eigenvalue weighted by molar-refractivity contribution is 5.81. The van der Waals surface area contributed by atoms with Crippen LogP contribution >= 0.6 is 0 Å². The smallest absolute Gasteiger partial charge is 0.225 e. The average Bonchev–Trinajstić information content (AvgIpc) is 2.60. The van der Waals surface area contributed by atoms with Crippen LogP contribution in [0.25, 0.3) is 0 Å². The predicted octanol–water partition coefficient (Wildman–Crippen LogP) is 2.13. The van der Waals surface area contributed by atoms with Gasteiger partial charge in [0.1, 0.15) is 5.82 Å². The molecule has 4 heteroatoms. The van der Waals surface area contributed by atoms with Gasteiger partial charge in [0, 0.05) is 23.9 Å². The second-order valence-electron chi connectivity index (χ2n) is 5.28. The summed E-state index contributed by atoms with van der Waals surface area (Å²) in [5.74, 6) is 0.943. The minimum absolute atomic E-state index is 0.0470. The van der Waals surface area contributed by atoms with E-state index in [1.165, 1.54) is 0 Å². The second kappa shape index (κ2) is 4.68. The molecule has 0 radical (unpaired) electrons. The summed E-state index contributed by atoms with van der Waals surface area (Å²) in [6, 6.07) is 0.365. The molecular formula is C12H21N3O. The first-order valence-corrected chi connectivity index (χ1v) is 5.62. The van der Waals surface area contributed by atoms with Crippen LogP contribution in [0.1, 0.15) is 46.5 Å². The van der Waals surface area contributed by atoms with Crippen molar-refractivity contribution in [2.45, 2.75) is 47.2 Å². The number of carbonyl (C=O) groups excluding carboxylic acids is 1. The number of hydrogen-bond acceptors (Lipinski definition) is 2. The number of nitrogens with zero attached hydrogens (tertiary/aromatic N) is 2. The zero-order chi connectivity index (χ0) is 12.3. The van der Waals surface area contributed by atoms with Gasteiger partial charge in [0.25, 0.3) is 0 Å². The standard InChI is InChI=1S/C12H21N3O/c1-9(2)15-7-6-13-10(15)8-14-11(16)12(3,4)5/h6-7,9H,8H2,1-5H3,(H,14,16). The maximum Gasteiger partial charge on any atom is 0.225 e. The van der Waals surface area contributed by atoms with Crippen molar-refractivity contribution < 1.29 is 4.79 Å². The fourth-order valence-electron chi connectivity index (χ4n) is 1.38. The van der Waals surface area contributed by atoms with Crippen molar-refractivity contribution in [1.82, 2.24) is 14.9 Å². The van der Waals surface area contributed by atoms with Gasteiger partial charge in [-0.3, -0.25) is 4.79 Å². The molecule has 0 aliphatic rings. The Labute approximate surface area is 97.1 Å². The van der Waals surface area contributed by atoms with E-state index >= 15 is 0 Å². The van der Waals surface area contributed by atoms with Crippen molar-refractivity contribution in [2.24, 2.45) is 5.41 Å². The first-order valence-electron chi connectivity index (χ1n) is 5.62. The van der Waals surface area contributed by atoms with Crippen molar-refractivity contribution >= 4 is 5.91 Å². The van der Waals surface area contributed by atoms with E-state index in [0.29, 0.717) is 12.6 Å². The van der Waals surface area contributed by atoms with E-state index in [4.69, 9.17) is 0 Å². The summed E-state index contributed by atoms with van der Waals surface area (Å²) in [7, 11) is 0. The van der Waals surface area contributed by atoms with Crippen LogP contribution in [0.2, 0.25) is 0 Å². The third kappa shape index (κ3) is 3.08. The largest absolute Gasteiger partial charge is 0.348 e. The molecule has 1 N–H and O–H groups in total. The SMILES string of the molecule is CC(C)n1ccnc1CNC(=O)C(C)(C)C. The monoisotopic (exact) mass is 223 g/mol. The second-order valence-corrected chi connectivity index (χ2v) is 5.28. The zero-order valence-electron chi connectivity index (χ0n) is 10.7. The minimum Gasteiger partial charge on any atom is -0.348 e. The summed E-state index contributed by atoms with van der Waals surface area (Å²) >= 11 is 0. The fraction of sp³-hybridized carbons (Fsp3) is 0.667. The Hall–Kier alpha value is -1.32. The van der Waals surface area contributed by atoms with Crippen LogP contribution < -0.4 is 5.32 Å². The predicted molar refractivity (Wildman–Crippen MR) is 63.9 cm³/mol. The van der Waals surface area contributed by atoms with E-state index < -0.39 is 0 Å². The molecule has 90 valence electrons. The van der Waals surface area contributed by atoms with Crippen LogP contribution in [-0.2, 0) is 11.3 Å². The summed E-state index contributed by atoms with van der Waals surface area (Å²) in [6.45, 7) is 10.4. The van der Waals surface area contributed by atoms with Gasteiger partial charge in [0.2, 0.25) is 5.91 Å². The van der Waals surface area contributed by atoms with Gasteiger partial charge in [-0.1, -0.05) is 20.8 Å². The Bertz CT molecular complexity index is 361. The lowest BCUT2D eigenvalue weighted by Crippen LogP contribution is -2.35. The van der Waals surface area contributed by atoms with E-state index in [1.54, 1.807) is 6.20 Å². The molecule has 0 aliphatic carbocycles. The molecule has 0 atom stereocenters. The summed E-state index contributed by atoms with van der Waals surface area (Å²) < 4.78 is 2.06. The van der Waals surface area contributed by atoms with Crippen molar-refractivity contribution in [3.63, 3.8) is 0 Å². The van der Waals surface area contributed by atoms with Gasteiger partial charge in [0.05, 0.1) is 6.54 Å². The Balaban J connectivity index is 2.62. The molecule has 1 aromatic rings. The van der Waals surface area contributed by atoms with E-state index in [1.807, 2.05) is 27.0 Å². The number of amides is 1. The molecule has 0 bridgehead atoms. The maximum absolute atomic E-state index is 11.7. The molecule has 0 unspecified atom stereocenters. The first-order chi connectivity index (χ1) is 7.32. The highest BCUT2D eigenvalue weighted by Gasteiger charge is 2.21. The van der Waals surface area contributed by atoms with Gasteiger partial charge in [0.15, 0.2) is 0 Å². The van der Waals surface area contributed by atoms with Gasteiger partial charge in [-0.05, 0) is 13.8 Å². The van der Waals surface area contributed by atoms with Crippen molar-refractivity contribution in [3.05, 3.63) is 18.2 Å². The van der Waals surface area contributed by atoms with Crippen molar-refractivity contribution in [3.8, 4) is 0 Å². The van der Waals surface area contributed by atoms with Crippen molar-refractivity contribution in [1.29, 1.82) is 0 Å². The maximum atomic E-state index is 11.7. The molecule has 0 spiro atoms. The van der Waals surface area contributed by atoms with Crippen LogP contribution in [0.3, 0.4) is 0 Å². The summed E-state index contributed by atoms with van der Waals surface area (Å²) in [5.41, 5.74) is -0.352. The number of imidazole rings is 1. The van der Waals surface area contributed by atoms with E-state index in [-0.39, 0.29) is 11.3 Å². The van der Waals surface area contributed by atoms with E-state index in [9.17, 15) is 4.79 Å². The summed E-state index contributed by atoms with van der Waals surface area (Å²) in [5, 5.41) is 2.90. The lowest BCUT2D eigenvalue weighted by atomic mass is 9.96. The number of rotatable bonds is 3. The highest BCUT2D eigenvalue weighted by atomic mass is 16.2. The van der Waals surface area contributed by atoms with Gasteiger partial charge in [-0.2, -0.15) is 0 Å². The average molecular weight is 223 g/mol. The van der Waals surface area contributed by atoms with E-state index in [2.05, 4.69) is 28.7 Å². The quantitative estimate of drug-likeness (QED) is 0.853. The minimum atomic E-state index is -0.352. The van der Waals surface area contributed by atoms with Crippen molar-refractivity contribution in [2.75, 3.05) is 0 Å². The molecule has 0 saturated carbocycles. The zero-order valence-corrected chi connectivity index (χ0v) is 10.7. The summed E-state index contributed by atoms with van der Waals surface area (Å²) in [6.07, 6.45) is 3.70. The molecule has 1 rings (SSSR count). The first kappa shape index (κ1) is 12.7. The van der Waals surface area contributed by atoms with Crippen LogP contribution in [-0.4, -0.2) is 15.5 Å². The van der Waals surface area contributed by atoms with Gasteiger partial charge < -0.3 is 9.88 Å². The molecule has 4 nitrogen and oxygen atoms in total. The molecule has 0 aliphatic heterocycles. The summed E-state index contributed by atoms with van der Waals surface area (Å²) in [4.78, 5) is 15.9. The Morgan fingerprint density at radius 1 is 1.50 bits per heavy atom. The lowest BCUT2D eigenvalue weighted by molar-refractivity contribution is -0.128. The van der Waals surface area contributed by atoms with Crippen LogP contribution in [0.5, 0.6) is 0 Å².